The minimum atomic E-state index is -0.386. The lowest BCUT2D eigenvalue weighted by Gasteiger charge is -2.29. The molecule has 0 bridgehead atoms. The highest BCUT2D eigenvalue weighted by Gasteiger charge is 2.28. The number of amides is 1. The average molecular weight is 518 g/mol. The molecule has 0 radical (unpaired) electrons. The SMILES string of the molecule is O=C1c2cc(-c3ccc(N4CCNCC4)cc3)ccc2Nc2ccc(F)cc2N1Cc1cccc2cc[nH]c12. The maximum Gasteiger partial charge on any atom is 0.260 e. The second-order valence-corrected chi connectivity index (χ2v) is 10.1. The van der Waals surface area contributed by atoms with Gasteiger partial charge in [0.2, 0.25) is 0 Å². The summed E-state index contributed by atoms with van der Waals surface area (Å²) in [6, 6.07) is 27.0. The van der Waals surface area contributed by atoms with Gasteiger partial charge in [-0.3, -0.25) is 4.79 Å². The zero-order chi connectivity index (χ0) is 26.3. The lowest BCUT2D eigenvalue weighted by Crippen LogP contribution is -2.43. The van der Waals surface area contributed by atoms with E-state index in [0.29, 0.717) is 29.2 Å². The summed E-state index contributed by atoms with van der Waals surface area (Å²) in [5, 5.41) is 7.85. The van der Waals surface area contributed by atoms with Crippen LogP contribution in [0.1, 0.15) is 15.9 Å². The van der Waals surface area contributed by atoms with Crippen molar-refractivity contribution in [2.24, 2.45) is 0 Å². The standard InChI is InChI=1S/C32H28FN5O/c33-25-7-11-29-30(19-25)38(20-24-3-1-2-22-12-13-35-31(22)24)32(39)27-18-23(6-10-28(27)36-29)21-4-8-26(9-5-21)37-16-14-34-15-17-37/h1-13,18-19,34-36H,14-17,20H2. The van der Waals surface area contributed by atoms with Crippen molar-refractivity contribution in [2.45, 2.75) is 6.54 Å². The van der Waals surface area contributed by atoms with Gasteiger partial charge < -0.3 is 25.4 Å². The third-order valence-corrected chi connectivity index (χ3v) is 7.70. The highest BCUT2D eigenvalue weighted by atomic mass is 19.1. The van der Waals surface area contributed by atoms with Crippen molar-refractivity contribution in [3.8, 4) is 11.1 Å². The number of hydrogen-bond donors (Lipinski definition) is 3. The average Bonchev–Trinajstić information content (AvgIpc) is 3.43. The summed E-state index contributed by atoms with van der Waals surface area (Å²) in [6.07, 6.45) is 1.89. The topological polar surface area (TPSA) is 63.4 Å². The van der Waals surface area contributed by atoms with Gasteiger partial charge in [-0.25, -0.2) is 4.39 Å². The lowest BCUT2D eigenvalue weighted by atomic mass is 10.0. The molecule has 194 valence electrons. The number of fused-ring (bicyclic) bond motifs is 3. The third kappa shape index (κ3) is 4.30. The summed E-state index contributed by atoms with van der Waals surface area (Å²) in [5.41, 5.74) is 7.60. The Bertz CT molecular complexity index is 1690. The molecule has 0 aliphatic carbocycles. The van der Waals surface area contributed by atoms with Crippen LogP contribution in [0.25, 0.3) is 22.0 Å². The number of carbonyl (C=O) groups excluding carboxylic acids is 1. The van der Waals surface area contributed by atoms with Crippen LogP contribution >= 0.6 is 0 Å². The van der Waals surface area contributed by atoms with Crippen LogP contribution in [0.2, 0.25) is 0 Å². The molecule has 0 unspecified atom stereocenters. The van der Waals surface area contributed by atoms with Gasteiger partial charge in [-0.2, -0.15) is 0 Å². The Morgan fingerprint density at radius 1 is 0.821 bits per heavy atom. The molecule has 2 aliphatic rings. The second kappa shape index (κ2) is 9.60. The number of piperazine rings is 1. The number of benzene rings is 4. The number of nitrogens with zero attached hydrogens (tertiary/aromatic N) is 2. The molecule has 0 saturated carbocycles. The van der Waals surface area contributed by atoms with Crippen LogP contribution in [0.4, 0.5) is 27.1 Å². The van der Waals surface area contributed by atoms with Crippen molar-refractivity contribution in [3.05, 3.63) is 108 Å². The molecule has 1 amide bonds. The predicted octanol–water partition coefficient (Wildman–Crippen LogP) is 6.29. The Balaban J connectivity index is 1.27. The first-order valence-electron chi connectivity index (χ1n) is 13.3. The fourth-order valence-electron chi connectivity index (χ4n) is 5.64. The Morgan fingerprint density at radius 3 is 2.46 bits per heavy atom. The number of rotatable bonds is 4. The Hall–Kier alpha value is -4.62. The van der Waals surface area contributed by atoms with Gasteiger partial charge in [0.05, 0.1) is 34.7 Å². The number of aromatic amines is 1. The molecule has 39 heavy (non-hydrogen) atoms. The van der Waals surface area contributed by atoms with Gasteiger partial charge in [-0.15, -0.1) is 0 Å². The smallest absolute Gasteiger partial charge is 0.260 e. The highest BCUT2D eigenvalue weighted by molar-refractivity contribution is 6.14. The summed E-state index contributed by atoms with van der Waals surface area (Å²) >= 11 is 0. The number of hydrogen-bond acceptors (Lipinski definition) is 4. The largest absolute Gasteiger partial charge is 0.369 e. The predicted molar refractivity (Wildman–Crippen MR) is 155 cm³/mol. The van der Waals surface area contributed by atoms with Crippen LogP contribution < -0.4 is 20.4 Å². The first-order valence-corrected chi connectivity index (χ1v) is 13.3. The van der Waals surface area contributed by atoms with E-state index in [2.05, 4.69) is 44.8 Å². The van der Waals surface area contributed by atoms with Gasteiger partial charge in [0.25, 0.3) is 5.91 Å². The minimum absolute atomic E-state index is 0.176. The van der Waals surface area contributed by atoms with E-state index in [0.717, 1.165) is 53.8 Å². The van der Waals surface area contributed by atoms with Crippen LogP contribution in [0.5, 0.6) is 0 Å². The number of carbonyl (C=O) groups is 1. The normalized spacial score (nSPS) is 15.1. The number of para-hydroxylation sites is 1. The van der Waals surface area contributed by atoms with Gasteiger partial charge >= 0.3 is 0 Å². The maximum atomic E-state index is 14.5. The fourth-order valence-corrected chi connectivity index (χ4v) is 5.64. The van der Waals surface area contributed by atoms with Gasteiger partial charge in [0.15, 0.2) is 0 Å². The molecule has 3 N–H and O–H groups in total. The third-order valence-electron chi connectivity index (χ3n) is 7.70. The van der Waals surface area contributed by atoms with E-state index < -0.39 is 0 Å². The molecule has 7 rings (SSSR count). The lowest BCUT2D eigenvalue weighted by molar-refractivity contribution is 0.0986. The van der Waals surface area contributed by atoms with E-state index >= 15 is 0 Å². The van der Waals surface area contributed by atoms with Crippen LogP contribution in [0.3, 0.4) is 0 Å². The van der Waals surface area contributed by atoms with Gasteiger partial charge in [-0.1, -0.05) is 36.4 Å². The van der Waals surface area contributed by atoms with Crippen LogP contribution in [-0.4, -0.2) is 37.1 Å². The van der Waals surface area contributed by atoms with E-state index in [1.807, 2.05) is 48.7 Å². The summed E-state index contributed by atoms with van der Waals surface area (Å²) in [5.74, 6) is -0.563. The summed E-state index contributed by atoms with van der Waals surface area (Å²) < 4.78 is 14.5. The van der Waals surface area contributed by atoms with E-state index in [4.69, 9.17) is 0 Å². The number of H-pyrrole nitrogens is 1. The van der Waals surface area contributed by atoms with Gasteiger partial charge in [-0.05, 0) is 70.6 Å². The molecule has 1 saturated heterocycles. The molecule has 2 aliphatic heterocycles. The van der Waals surface area contributed by atoms with Crippen molar-refractivity contribution in [1.29, 1.82) is 0 Å². The van der Waals surface area contributed by atoms with E-state index in [1.54, 1.807) is 11.0 Å². The number of halogens is 1. The Labute approximate surface area is 226 Å². The van der Waals surface area contributed by atoms with Gasteiger partial charge in [0.1, 0.15) is 5.82 Å². The van der Waals surface area contributed by atoms with Crippen molar-refractivity contribution in [1.82, 2.24) is 10.3 Å². The molecular formula is C32H28FN5O. The molecule has 1 aromatic heterocycles. The zero-order valence-corrected chi connectivity index (χ0v) is 21.4. The molecule has 6 nitrogen and oxygen atoms in total. The molecule has 1 fully saturated rings. The highest BCUT2D eigenvalue weighted by Crippen LogP contribution is 2.39. The fraction of sp³-hybridized carbons (Fsp3) is 0.156. The van der Waals surface area contributed by atoms with E-state index in [-0.39, 0.29) is 11.7 Å². The van der Waals surface area contributed by atoms with Gasteiger partial charge in [0, 0.05) is 38.1 Å². The number of nitrogens with one attached hydrogen (secondary N) is 3. The number of anilines is 4. The maximum absolute atomic E-state index is 14.5. The van der Waals surface area contributed by atoms with E-state index in [1.165, 1.54) is 17.8 Å². The summed E-state index contributed by atoms with van der Waals surface area (Å²) in [6.45, 7) is 4.26. The summed E-state index contributed by atoms with van der Waals surface area (Å²) in [4.78, 5) is 21.5. The summed E-state index contributed by atoms with van der Waals surface area (Å²) in [7, 11) is 0. The van der Waals surface area contributed by atoms with Crippen molar-refractivity contribution < 1.29 is 9.18 Å². The second-order valence-electron chi connectivity index (χ2n) is 10.1. The van der Waals surface area contributed by atoms with Crippen molar-refractivity contribution in [3.63, 3.8) is 0 Å². The Morgan fingerprint density at radius 2 is 1.62 bits per heavy atom. The van der Waals surface area contributed by atoms with Crippen molar-refractivity contribution >= 4 is 39.6 Å². The van der Waals surface area contributed by atoms with Crippen LogP contribution in [-0.2, 0) is 6.54 Å². The van der Waals surface area contributed by atoms with Crippen LogP contribution in [0.15, 0.2) is 91.1 Å². The molecule has 7 heteroatoms. The van der Waals surface area contributed by atoms with Crippen molar-refractivity contribution in [2.75, 3.05) is 41.3 Å². The Kier molecular flexibility index (Phi) is 5.78. The van der Waals surface area contributed by atoms with Crippen LogP contribution in [0, 0.1) is 5.82 Å². The molecule has 5 aromatic rings. The molecule has 0 spiro atoms. The molecule has 0 atom stereocenters. The zero-order valence-electron chi connectivity index (χ0n) is 21.4. The van der Waals surface area contributed by atoms with E-state index in [9.17, 15) is 9.18 Å². The number of aromatic nitrogens is 1. The first-order chi connectivity index (χ1) is 19.1. The first kappa shape index (κ1) is 23.5. The monoisotopic (exact) mass is 517 g/mol. The quantitative estimate of drug-likeness (QED) is 0.262. The molecule has 3 heterocycles. The minimum Gasteiger partial charge on any atom is -0.369 e. The molecular weight excluding hydrogens is 489 g/mol. The molecule has 4 aromatic carbocycles.